The predicted molar refractivity (Wildman–Crippen MR) is 135 cm³/mol. The highest BCUT2D eigenvalue weighted by Crippen LogP contribution is 2.42. The summed E-state index contributed by atoms with van der Waals surface area (Å²) in [7, 11) is 6.69. The highest BCUT2D eigenvalue weighted by molar-refractivity contribution is 8.00. The second-order valence-corrected chi connectivity index (χ2v) is 8.94. The van der Waals surface area contributed by atoms with E-state index in [0.717, 1.165) is 33.9 Å². The first kappa shape index (κ1) is 22.9. The van der Waals surface area contributed by atoms with Crippen LogP contribution in [-0.4, -0.2) is 52.9 Å². The zero-order chi connectivity index (χ0) is 24.5. The number of imidazole rings is 1. The number of amides is 1. The number of carbonyl (C=O) groups excluding carboxylic acids is 1. The summed E-state index contributed by atoms with van der Waals surface area (Å²) >= 11 is 1.43. The molecule has 1 N–H and O–H groups in total. The molecular weight excluding hydrogens is 468 g/mol. The Morgan fingerprint density at radius 2 is 1.86 bits per heavy atom. The minimum absolute atomic E-state index is 0.0920. The number of carbonyl (C=O) groups is 1. The molecule has 10 nitrogen and oxygen atoms in total. The summed E-state index contributed by atoms with van der Waals surface area (Å²) in [5.41, 5.74) is 3.89. The Kier molecular flexibility index (Phi) is 6.16. The molecule has 1 aliphatic heterocycles. The second-order valence-electron chi connectivity index (χ2n) is 8.06. The molecular formula is C24H26N6O4S. The quantitative estimate of drug-likeness (QED) is 0.367. The number of methoxy groups -OCH3 is 3. The van der Waals surface area contributed by atoms with Gasteiger partial charge in [0.1, 0.15) is 17.1 Å². The lowest BCUT2D eigenvalue weighted by atomic mass is 10.1. The van der Waals surface area contributed by atoms with E-state index in [4.69, 9.17) is 14.2 Å². The summed E-state index contributed by atoms with van der Waals surface area (Å²) in [5, 5.41) is 4.21. The van der Waals surface area contributed by atoms with Crippen LogP contribution in [0.3, 0.4) is 0 Å². The van der Waals surface area contributed by atoms with Gasteiger partial charge in [0.15, 0.2) is 11.5 Å². The molecule has 11 heteroatoms. The Morgan fingerprint density at radius 3 is 2.51 bits per heavy atom. The summed E-state index contributed by atoms with van der Waals surface area (Å²) in [6, 6.07) is 5.74. The summed E-state index contributed by atoms with van der Waals surface area (Å²) in [6.45, 7) is 0.667. The van der Waals surface area contributed by atoms with Gasteiger partial charge in [-0.05, 0) is 30.5 Å². The standard InChI is InChI=1S/C24H26N6O4S/c1-28-13-16(11-26-28)35-27-17-8-15(9-21(33-3)24(17)34-4)18-12-25-22-10-20(32-2)19(14-30(18)22)29-7-5-6-23(29)31/h8-14,27H,5-7H2,1-4H3. The first-order valence-electron chi connectivity index (χ1n) is 11.1. The van der Waals surface area contributed by atoms with Crippen molar-refractivity contribution in [3.8, 4) is 28.5 Å². The Balaban J connectivity index is 1.59. The van der Waals surface area contributed by atoms with Crippen LogP contribution in [0.4, 0.5) is 11.4 Å². The molecule has 4 aromatic rings. The second kappa shape index (κ2) is 9.41. The van der Waals surface area contributed by atoms with Gasteiger partial charge >= 0.3 is 0 Å². The number of hydrogen-bond acceptors (Lipinski definition) is 8. The normalized spacial score (nSPS) is 13.5. The monoisotopic (exact) mass is 494 g/mol. The van der Waals surface area contributed by atoms with Crippen molar-refractivity contribution in [2.45, 2.75) is 17.7 Å². The van der Waals surface area contributed by atoms with E-state index in [0.29, 0.717) is 35.9 Å². The topological polar surface area (TPSA) is 95.2 Å². The first-order valence-corrected chi connectivity index (χ1v) is 11.9. The number of ether oxygens (including phenoxy) is 3. The lowest BCUT2D eigenvalue weighted by molar-refractivity contribution is -0.117. The molecule has 1 aliphatic rings. The number of nitrogens with zero attached hydrogens (tertiary/aromatic N) is 5. The van der Waals surface area contributed by atoms with E-state index in [-0.39, 0.29) is 5.91 Å². The molecule has 1 fully saturated rings. The van der Waals surface area contributed by atoms with Gasteiger partial charge in [0.25, 0.3) is 0 Å². The third-order valence-corrected chi connectivity index (χ3v) is 6.68. The summed E-state index contributed by atoms with van der Waals surface area (Å²) in [6.07, 6.45) is 8.78. The van der Waals surface area contributed by atoms with E-state index in [9.17, 15) is 4.79 Å². The molecule has 0 unspecified atom stereocenters. The highest BCUT2D eigenvalue weighted by atomic mass is 32.2. The fourth-order valence-electron chi connectivity index (χ4n) is 4.23. The molecule has 1 aromatic carbocycles. The smallest absolute Gasteiger partial charge is 0.227 e. The van der Waals surface area contributed by atoms with Crippen molar-refractivity contribution in [1.29, 1.82) is 0 Å². The maximum Gasteiger partial charge on any atom is 0.227 e. The Bertz CT molecular complexity index is 1400. The number of hydrogen-bond donors (Lipinski definition) is 1. The van der Waals surface area contributed by atoms with Crippen molar-refractivity contribution in [2.75, 3.05) is 37.5 Å². The molecule has 3 aromatic heterocycles. The predicted octanol–water partition coefficient (Wildman–Crippen LogP) is 4.01. The van der Waals surface area contributed by atoms with E-state index in [1.165, 1.54) is 11.9 Å². The van der Waals surface area contributed by atoms with Crippen LogP contribution in [0, 0.1) is 0 Å². The van der Waals surface area contributed by atoms with Crippen LogP contribution in [-0.2, 0) is 11.8 Å². The molecule has 182 valence electrons. The number of aromatic nitrogens is 4. The number of fused-ring (bicyclic) bond motifs is 1. The molecule has 4 heterocycles. The number of anilines is 2. The molecule has 5 rings (SSSR count). The number of rotatable bonds is 8. The SMILES string of the molecule is COc1cc2ncc(-c3cc(NSc4cnn(C)c4)c(OC)c(OC)c3)n2cc1N1CCCC1=O. The van der Waals surface area contributed by atoms with Gasteiger partial charge in [0, 0.05) is 44.0 Å². The summed E-state index contributed by atoms with van der Waals surface area (Å²) < 4.78 is 23.9. The van der Waals surface area contributed by atoms with E-state index >= 15 is 0 Å². The first-order chi connectivity index (χ1) is 17.0. The van der Waals surface area contributed by atoms with Crippen LogP contribution in [0.25, 0.3) is 16.9 Å². The van der Waals surface area contributed by atoms with Crippen molar-refractivity contribution >= 4 is 34.9 Å². The van der Waals surface area contributed by atoms with Gasteiger partial charge < -0.3 is 23.8 Å². The van der Waals surface area contributed by atoms with E-state index in [1.807, 2.05) is 42.0 Å². The molecule has 0 saturated carbocycles. The van der Waals surface area contributed by atoms with Crippen molar-refractivity contribution in [3.05, 3.63) is 43.0 Å². The lowest BCUT2D eigenvalue weighted by Crippen LogP contribution is -2.24. The van der Waals surface area contributed by atoms with Crippen molar-refractivity contribution in [2.24, 2.45) is 7.05 Å². The van der Waals surface area contributed by atoms with Gasteiger partial charge in [-0.3, -0.25) is 13.9 Å². The molecule has 0 atom stereocenters. The van der Waals surface area contributed by atoms with Crippen LogP contribution in [0.15, 0.2) is 47.9 Å². The average Bonchev–Trinajstić information content (AvgIpc) is 3.60. The molecule has 1 saturated heterocycles. The Morgan fingerprint density at radius 1 is 1.03 bits per heavy atom. The van der Waals surface area contributed by atoms with E-state index in [1.54, 1.807) is 43.3 Å². The van der Waals surface area contributed by atoms with Crippen LogP contribution in [0.5, 0.6) is 17.2 Å². The molecule has 0 bridgehead atoms. The number of benzene rings is 1. The fraction of sp³-hybridized carbons (Fsp3) is 0.292. The summed E-state index contributed by atoms with van der Waals surface area (Å²) in [5.74, 6) is 1.88. The molecule has 0 spiro atoms. The van der Waals surface area contributed by atoms with E-state index in [2.05, 4.69) is 14.8 Å². The van der Waals surface area contributed by atoms with Crippen LogP contribution in [0.1, 0.15) is 12.8 Å². The van der Waals surface area contributed by atoms with Crippen LogP contribution < -0.4 is 23.8 Å². The number of aryl methyl sites for hydroxylation is 1. The Labute approximate surface area is 206 Å². The minimum atomic E-state index is 0.0920. The maximum absolute atomic E-state index is 12.5. The van der Waals surface area contributed by atoms with Gasteiger partial charge in [-0.1, -0.05) is 0 Å². The summed E-state index contributed by atoms with van der Waals surface area (Å²) in [4.78, 5) is 19.8. The lowest BCUT2D eigenvalue weighted by Gasteiger charge is -2.20. The molecule has 1 amide bonds. The average molecular weight is 495 g/mol. The minimum Gasteiger partial charge on any atom is -0.494 e. The van der Waals surface area contributed by atoms with Crippen molar-refractivity contribution in [3.63, 3.8) is 0 Å². The number of pyridine rings is 1. The highest BCUT2D eigenvalue weighted by Gasteiger charge is 2.26. The van der Waals surface area contributed by atoms with Crippen molar-refractivity contribution in [1.82, 2.24) is 19.2 Å². The maximum atomic E-state index is 12.5. The van der Waals surface area contributed by atoms with Gasteiger partial charge in [-0.2, -0.15) is 5.10 Å². The third kappa shape index (κ3) is 4.23. The van der Waals surface area contributed by atoms with Crippen LogP contribution >= 0.6 is 11.9 Å². The fourth-order valence-corrected chi connectivity index (χ4v) is 4.92. The third-order valence-electron chi connectivity index (χ3n) is 5.91. The Hall–Kier alpha value is -3.86. The van der Waals surface area contributed by atoms with Gasteiger partial charge in [0.2, 0.25) is 5.91 Å². The van der Waals surface area contributed by atoms with Crippen molar-refractivity contribution < 1.29 is 19.0 Å². The van der Waals surface area contributed by atoms with E-state index < -0.39 is 0 Å². The molecule has 35 heavy (non-hydrogen) atoms. The zero-order valence-electron chi connectivity index (χ0n) is 19.9. The largest absolute Gasteiger partial charge is 0.494 e. The molecule has 0 radical (unpaired) electrons. The van der Waals surface area contributed by atoms with Gasteiger partial charge in [0.05, 0.1) is 50.0 Å². The van der Waals surface area contributed by atoms with Gasteiger partial charge in [-0.15, -0.1) is 0 Å². The van der Waals surface area contributed by atoms with Gasteiger partial charge in [-0.25, -0.2) is 4.98 Å². The zero-order valence-corrected chi connectivity index (χ0v) is 20.8. The van der Waals surface area contributed by atoms with Crippen LogP contribution in [0.2, 0.25) is 0 Å². The molecule has 0 aliphatic carbocycles. The number of nitrogens with one attached hydrogen (secondary N) is 1.